The molecule has 4 nitrogen and oxygen atoms in total. The van der Waals surface area contributed by atoms with Crippen LogP contribution in [0.4, 0.5) is 0 Å². The number of aliphatic hydroxyl groups excluding tert-OH is 1. The lowest BCUT2D eigenvalue weighted by molar-refractivity contribution is -0.129. The third kappa shape index (κ3) is 3.80. The van der Waals surface area contributed by atoms with Crippen molar-refractivity contribution in [1.82, 2.24) is 9.80 Å². The monoisotopic (exact) mass is 214 g/mol. The fourth-order valence-electron chi connectivity index (χ4n) is 1.82. The van der Waals surface area contributed by atoms with Gasteiger partial charge in [0.2, 0.25) is 5.91 Å². The lowest BCUT2D eigenvalue weighted by atomic mass is 9.91. The maximum atomic E-state index is 11.4. The van der Waals surface area contributed by atoms with Crippen LogP contribution in [0.5, 0.6) is 0 Å². The third-order valence-corrected chi connectivity index (χ3v) is 3.09. The zero-order valence-electron chi connectivity index (χ0n) is 9.78. The Bertz CT molecular complexity index is 203. The van der Waals surface area contributed by atoms with E-state index in [1.807, 2.05) is 0 Å². The summed E-state index contributed by atoms with van der Waals surface area (Å²) in [7, 11) is 3.56. The molecule has 0 spiro atoms. The Morgan fingerprint density at radius 1 is 1.33 bits per heavy atom. The van der Waals surface area contributed by atoms with Crippen LogP contribution in [0.25, 0.3) is 0 Å². The van der Waals surface area contributed by atoms with Crippen LogP contribution in [0.2, 0.25) is 0 Å². The van der Waals surface area contributed by atoms with Gasteiger partial charge in [-0.05, 0) is 12.8 Å². The summed E-state index contributed by atoms with van der Waals surface area (Å²) in [4.78, 5) is 15.3. The first-order valence-electron chi connectivity index (χ1n) is 5.70. The maximum absolute atomic E-state index is 11.4. The molecule has 15 heavy (non-hydrogen) atoms. The second kappa shape index (κ2) is 6.08. The normalized spacial score (nSPS) is 16.5. The number of aliphatic hydroxyl groups is 1. The first-order valence-corrected chi connectivity index (χ1v) is 5.70. The van der Waals surface area contributed by atoms with Crippen molar-refractivity contribution in [2.45, 2.75) is 31.7 Å². The summed E-state index contributed by atoms with van der Waals surface area (Å²) in [6.45, 7) is 1.67. The highest BCUT2D eigenvalue weighted by molar-refractivity contribution is 5.75. The molecular formula is C11H22N2O2. The summed E-state index contributed by atoms with van der Waals surface area (Å²) in [5, 5.41) is 8.94. The molecule has 0 aliphatic heterocycles. The van der Waals surface area contributed by atoms with Crippen LogP contribution >= 0.6 is 0 Å². The molecular weight excluding hydrogens is 192 g/mol. The molecule has 1 N–H and O–H groups in total. The number of rotatable bonds is 6. The standard InChI is InChI=1S/C11H22N2O2/c1-12(2)11(15)6-7-13(8-9-14)10-4-3-5-10/h10,14H,3-9H2,1-2H3. The van der Waals surface area contributed by atoms with Crippen molar-refractivity contribution in [3.05, 3.63) is 0 Å². The van der Waals surface area contributed by atoms with Gasteiger partial charge in [-0.15, -0.1) is 0 Å². The van der Waals surface area contributed by atoms with Gasteiger partial charge < -0.3 is 10.0 Å². The number of hydrogen-bond donors (Lipinski definition) is 1. The Morgan fingerprint density at radius 2 is 2.00 bits per heavy atom. The molecule has 4 heteroatoms. The lowest BCUT2D eigenvalue weighted by Gasteiger charge is -2.37. The van der Waals surface area contributed by atoms with Gasteiger partial charge >= 0.3 is 0 Å². The Kier molecular flexibility index (Phi) is 5.05. The van der Waals surface area contributed by atoms with Crippen molar-refractivity contribution in [2.24, 2.45) is 0 Å². The summed E-state index contributed by atoms with van der Waals surface area (Å²) >= 11 is 0. The molecule has 0 unspecified atom stereocenters. The summed E-state index contributed by atoms with van der Waals surface area (Å²) in [6.07, 6.45) is 4.28. The number of carbonyl (C=O) groups excluding carboxylic acids is 1. The fraction of sp³-hybridized carbons (Fsp3) is 0.909. The molecule has 1 rings (SSSR count). The highest BCUT2D eigenvalue weighted by Crippen LogP contribution is 2.24. The zero-order valence-corrected chi connectivity index (χ0v) is 9.78. The molecule has 0 aromatic carbocycles. The molecule has 0 radical (unpaired) electrons. The van der Waals surface area contributed by atoms with E-state index in [-0.39, 0.29) is 12.5 Å². The van der Waals surface area contributed by atoms with E-state index in [4.69, 9.17) is 5.11 Å². The Morgan fingerprint density at radius 3 is 2.40 bits per heavy atom. The molecule has 0 aromatic heterocycles. The average Bonchev–Trinajstić information content (AvgIpc) is 2.10. The molecule has 0 saturated heterocycles. The van der Waals surface area contributed by atoms with Gasteiger partial charge in [-0.1, -0.05) is 6.42 Å². The fourth-order valence-corrected chi connectivity index (χ4v) is 1.82. The van der Waals surface area contributed by atoms with Crippen LogP contribution in [-0.2, 0) is 4.79 Å². The predicted octanol–water partition coefficient (Wildman–Crippen LogP) is 0.311. The van der Waals surface area contributed by atoms with Crippen molar-refractivity contribution in [2.75, 3.05) is 33.8 Å². The zero-order chi connectivity index (χ0) is 11.3. The number of nitrogens with zero attached hydrogens (tertiary/aromatic N) is 2. The van der Waals surface area contributed by atoms with Crippen LogP contribution in [0.3, 0.4) is 0 Å². The Balaban J connectivity index is 2.27. The molecule has 1 fully saturated rings. The van der Waals surface area contributed by atoms with Crippen molar-refractivity contribution in [3.63, 3.8) is 0 Å². The summed E-state index contributed by atoms with van der Waals surface area (Å²) in [5.41, 5.74) is 0. The van der Waals surface area contributed by atoms with E-state index in [1.54, 1.807) is 19.0 Å². The van der Waals surface area contributed by atoms with E-state index in [1.165, 1.54) is 19.3 Å². The minimum absolute atomic E-state index is 0.164. The molecule has 0 aromatic rings. The minimum atomic E-state index is 0.164. The number of amides is 1. The summed E-state index contributed by atoms with van der Waals surface area (Å²) in [5.74, 6) is 0.164. The second-order valence-corrected chi connectivity index (χ2v) is 4.38. The molecule has 1 aliphatic rings. The van der Waals surface area contributed by atoms with Gasteiger partial charge in [0.1, 0.15) is 0 Å². The number of carbonyl (C=O) groups is 1. The summed E-state index contributed by atoms with van der Waals surface area (Å²) in [6, 6.07) is 0.604. The van der Waals surface area contributed by atoms with Crippen LogP contribution < -0.4 is 0 Å². The van der Waals surface area contributed by atoms with Gasteiger partial charge in [0.05, 0.1) is 6.61 Å². The van der Waals surface area contributed by atoms with E-state index in [9.17, 15) is 4.79 Å². The minimum Gasteiger partial charge on any atom is -0.395 e. The topological polar surface area (TPSA) is 43.8 Å². The van der Waals surface area contributed by atoms with Crippen LogP contribution in [0.1, 0.15) is 25.7 Å². The predicted molar refractivity (Wildman–Crippen MR) is 59.6 cm³/mol. The van der Waals surface area contributed by atoms with Crippen molar-refractivity contribution < 1.29 is 9.90 Å². The van der Waals surface area contributed by atoms with Crippen LogP contribution in [-0.4, -0.2) is 60.6 Å². The summed E-state index contributed by atoms with van der Waals surface area (Å²) < 4.78 is 0. The first kappa shape index (κ1) is 12.5. The molecule has 0 bridgehead atoms. The molecule has 0 heterocycles. The van der Waals surface area contributed by atoms with Gasteiger partial charge in [-0.3, -0.25) is 9.69 Å². The average molecular weight is 214 g/mol. The van der Waals surface area contributed by atoms with Gasteiger partial charge in [-0.25, -0.2) is 0 Å². The van der Waals surface area contributed by atoms with Gasteiger partial charge in [0, 0.05) is 39.6 Å². The van der Waals surface area contributed by atoms with E-state index in [0.29, 0.717) is 19.0 Å². The maximum Gasteiger partial charge on any atom is 0.223 e. The highest BCUT2D eigenvalue weighted by atomic mass is 16.3. The van der Waals surface area contributed by atoms with Gasteiger partial charge in [-0.2, -0.15) is 0 Å². The molecule has 0 atom stereocenters. The number of hydrogen-bond acceptors (Lipinski definition) is 3. The highest BCUT2D eigenvalue weighted by Gasteiger charge is 2.24. The second-order valence-electron chi connectivity index (χ2n) is 4.38. The van der Waals surface area contributed by atoms with Crippen LogP contribution in [0.15, 0.2) is 0 Å². The Hall–Kier alpha value is -0.610. The van der Waals surface area contributed by atoms with Gasteiger partial charge in [0.25, 0.3) is 0 Å². The third-order valence-electron chi connectivity index (χ3n) is 3.09. The quantitative estimate of drug-likeness (QED) is 0.692. The SMILES string of the molecule is CN(C)C(=O)CCN(CCO)C1CCC1. The van der Waals surface area contributed by atoms with E-state index in [2.05, 4.69) is 4.90 Å². The van der Waals surface area contributed by atoms with E-state index >= 15 is 0 Å². The smallest absolute Gasteiger partial charge is 0.223 e. The van der Waals surface area contributed by atoms with E-state index < -0.39 is 0 Å². The van der Waals surface area contributed by atoms with Crippen molar-refractivity contribution in [3.8, 4) is 0 Å². The Labute approximate surface area is 91.9 Å². The van der Waals surface area contributed by atoms with Crippen molar-refractivity contribution >= 4 is 5.91 Å². The molecule has 1 amide bonds. The largest absolute Gasteiger partial charge is 0.395 e. The van der Waals surface area contributed by atoms with Crippen molar-refractivity contribution in [1.29, 1.82) is 0 Å². The first-order chi connectivity index (χ1) is 7.15. The van der Waals surface area contributed by atoms with E-state index in [0.717, 1.165) is 6.54 Å². The van der Waals surface area contributed by atoms with Gasteiger partial charge in [0.15, 0.2) is 0 Å². The molecule has 1 aliphatic carbocycles. The lowest BCUT2D eigenvalue weighted by Crippen LogP contribution is -2.43. The van der Waals surface area contributed by atoms with Crippen LogP contribution in [0, 0.1) is 0 Å². The molecule has 88 valence electrons. The molecule has 1 saturated carbocycles.